The second-order valence-electron chi connectivity index (χ2n) is 6.06. The van der Waals surface area contributed by atoms with E-state index < -0.39 is 0 Å². The Morgan fingerprint density at radius 2 is 1.50 bits per heavy atom. The molecule has 0 aromatic carbocycles. The maximum absolute atomic E-state index is 12.0. The molecular formula is C14H27N3O. The molecule has 0 N–H and O–H groups in total. The van der Waals surface area contributed by atoms with Crippen LogP contribution in [-0.2, 0) is 4.79 Å². The molecule has 0 bridgehead atoms. The Morgan fingerprint density at radius 1 is 0.944 bits per heavy atom. The van der Waals surface area contributed by atoms with E-state index in [1.807, 2.05) is 4.90 Å². The van der Waals surface area contributed by atoms with Crippen LogP contribution >= 0.6 is 0 Å². The summed E-state index contributed by atoms with van der Waals surface area (Å²) in [5.41, 5.74) is 0. The van der Waals surface area contributed by atoms with Crippen molar-refractivity contribution in [2.45, 2.75) is 26.7 Å². The standard InChI is InChI=1S/C14H27N3O/c1-13(2)11-15-7-9-16(10-8-15)12-14(18)17-5-3-4-6-17/h13H,3-12H2,1-2H3. The van der Waals surface area contributed by atoms with Crippen molar-refractivity contribution in [1.82, 2.24) is 14.7 Å². The van der Waals surface area contributed by atoms with Crippen molar-refractivity contribution in [2.75, 3.05) is 52.4 Å². The summed E-state index contributed by atoms with van der Waals surface area (Å²) in [6, 6.07) is 0. The molecule has 2 saturated heterocycles. The van der Waals surface area contributed by atoms with Gasteiger partial charge in [0.1, 0.15) is 0 Å². The highest BCUT2D eigenvalue weighted by Gasteiger charge is 2.23. The average Bonchev–Trinajstić information content (AvgIpc) is 2.84. The highest BCUT2D eigenvalue weighted by atomic mass is 16.2. The van der Waals surface area contributed by atoms with E-state index in [1.54, 1.807) is 0 Å². The van der Waals surface area contributed by atoms with Crippen LogP contribution in [0, 0.1) is 5.92 Å². The fraction of sp³-hybridized carbons (Fsp3) is 0.929. The summed E-state index contributed by atoms with van der Waals surface area (Å²) >= 11 is 0. The number of hydrogen-bond donors (Lipinski definition) is 0. The summed E-state index contributed by atoms with van der Waals surface area (Å²) < 4.78 is 0. The van der Waals surface area contributed by atoms with Crippen LogP contribution in [0.2, 0.25) is 0 Å². The van der Waals surface area contributed by atoms with Gasteiger partial charge < -0.3 is 9.80 Å². The molecule has 0 aliphatic carbocycles. The maximum Gasteiger partial charge on any atom is 0.236 e. The molecule has 0 aromatic heterocycles. The van der Waals surface area contributed by atoms with E-state index in [-0.39, 0.29) is 0 Å². The van der Waals surface area contributed by atoms with Gasteiger partial charge in [0.25, 0.3) is 0 Å². The molecule has 0 unspecified atom stereocenters. The molecule has 2 aliphatic rings. The number of amides is 1. The summed E-state index contributed by atoms with van der Waals surface area (Å²) in [7, 11) is 0. The van der Waals surface area contributed by atoms with Gasteiger partial charge in [0, 0.05) is 45.8 Å². The molecule has 104 valence electrons. The molecule has 2 aliphatic heterocycles. The monoisotopic (exact) mass is 253 g/mol. The van der Waals surface area contributed by atoms with E-state index in [0.717, 1.165) is 45.2 Å². The Balaban J connectivity index is 1.68. The van der Waals surface area contributed by atoms with Crippen molar-refractivity contribution >= 4 is 5.91 Å². The smallest absolute Gasteiger partial charge is 0.236 e. The second kappa shape index (κ2) is 6.53. The predicted octanol–water partition coefficient (Wildman–Crippen LogP) is 0.882. The van der Waals surface area contributed by atoms with Crippen LogP contribution < -0.4 is 0 Å². The van der Waals surface area contributed by atoms with Crippen molar-refractivity contribution in [3.63, 3.8) is 0 Å². The van der Waals surface area contributed by atoms with Gasteiger partial charge in [0.15, 0.2) is 0 Å². The highest BCUT2D eigenvalue weighted by molar-refractivity contribution is 5.78. The van der Waals surface area contributed by atoms with Gasteiger partial charge in [0.2, 0.25) is 5.91 Å². The van der Waals surface area contributed by atoms with Crippen molar-refractivity contribution < 1.29 is 4.79 Å². The molecule has 1 amide bonds. The first-order valence-corrected chi connectivity index (χ1v) is 7.37. The van der Waals surface area contributed by atoms with Crippen LogP contribution in [0.15, 0.2) is 0 Å². The van der Waals surface area contributed by atoms with Crippen molar-refractivity contribution in [3.05, 3.63) is 0 Å². The van der Waals surface area contributed by atoms with Gasteiger partial charge in [-0.2, -0.15) is 0 Å². The van der Waals surface area contributed by atoms with E-state index in [9.17, 15) is 4.79 Å². The van der Waals surface area contributed by atoms with Crippen LogP contribution in [0.1, 0.15) is 26.7 Å². The normalized spacial score (nSPS) is 22.9. The average molecular weight is 253 g/mol. The summed E-state index contributed by atoms with van der Waals surface area (Å²) in [4.78, 5) is 18.9. The van der Waals surface area contributed by atoms with Crippen molar-refractivity contribution in [3.8, 4) is 0 Å². The number of rotatable bonds is 4. The fourth-order valence-electron chi connectivity index (χ4n) is 2.90. The van der Waals surface area contributed by atoms with Crippen molar-refractivity contribution in [2.24, 2.45) is 5.92 Å². The van der Waals surface area contributed by atoms with Crippen LogP contribution in [0.3, 0.4) is 0 Å². The summed E-state index contributed by atoms with van der Waals surface area (Å²) in [6.45, 7) is 12.6. The third-order valence-corrected chi connectivity index (χ3v) is 3.91. The zero-order valence-corrected chi connectivity index (χ0v) is 11.9. The lowest BCUT2D eigenvalue weighted by Gasteiger charge is -2.35. The number of carbonyl (C=O) groups is 1. The fourth-order valence-corrected chi connectivity index (χ4v) is 2.90. The Morgan fingerprint density at radius 3 is 2.06 bits per heavy atom. The van der Waals surface area contributed by atoms with Gasteiger partial charge in [-0.05, 0) is 18.8 Å². The zero-order chi connectivity index (χ0) is 13.0. The third kappa shape index (κ3) is 3.95. The van der Waals surface area contributed by atoms with Crippen LogP contribution in [0.5, 0.6) is 0 Å². The van der Waals surface area contributed by atoms with Gasteiger partial charge in [-0.1, -0.05) is 13.8 Å². The Kier molecular flexibility index (Phi) is 5.01. The van der Waals surface area contributed by atoms with Crippen molar-refractivity contribution in [1.29, 1.82) is 0 Å². The molecule has 4 heteroatoms. The van der Waals surface area contributed by atoms with Gasteiger partial charge in [0.05, 0.1) is 6.54 Å². The Hall–Kier alpha value is -0.610. The van der Waals surface area contributed by atoms with E-state index in [2.05, 4.69) is 23.6 Å². The molecule has 18 heavy (non-hydrogen) atoms. The molecule has 2 fully saturated rings. The minimum Gasteiger partial charge on any atom is -0.342 e. The van der Waals surface area contributed by atoms with E-state index in [4.69, 9.17) is 0 Å². The minimum absolute atomic E-state index is 0.338. The SMILES string of the molecule is CC(C)CN1CCN(CC(=O)N2CCCC2)CC1. The number of likely N-dealkylation sites (tertiary alicyclic amines) is 1. The molecular weight excluding hydrogens is 226 g/mol. The first-order chi connectivity index (χ1) is 8.65. The lowest BCUT2D eigenvalue weighted by molar-refractivity contribution is -0.131. The van der Waals surface area contributed by atoms with Gasteiger partial charge in [-0.3, -0.25) is 9.69 Å². The molecule has 0 aromatic rings. The Labute approximate surface area is 111 Å². The number of nitrogens with zero attached hydrogens (tertiary/aromatic N) is 3. The topological polar surface area (TPSA) is 26.8 Å². The second-order valence-corrected chi connectivity index (χ2v) is 6.06. The van der Waals surface area contributed by atoms with Crippen LogP contribution in [-0.4, -0.2) is 73.0 Å². The molecule has 0 radical (unpaired) electrons. The minimum atomic E-state index is 0.338. The number of hydrogen-bond acceptors (Lipinski definition) is 3. The van der Waals surface area contributed by atoms with Crippen LogP contribution in [0.25, 0.3) is 0 Å². The molecule has 2 rings (SSSR count). The summed E-state index contributed by atoms with van der Waals surface area (Å²) in [5, 5.41) is 0. The third-order valence-electron chi connectivity index (χ3n) is 3.91. The molecule has 4 nitrogen and oxygen atoms in total. The first kappa shape index (κ1) is 13.8. The lowest BCUT2D eigenvalue weighted by Crippen LogP contribution is -2.50. The molecule has 0 atom stereocenters. The van der Waals surface area contributed by atoms with Gasteiger partial charge in [-0.25, -0.2) is 0 Å². The number of carbonyl (C=O) groups excluding carboxylic acids is 1. The summed E-state index contributed by atoms with van der Waals surface area (Å²) in [6.07, 6.45) is 2.38. The van der Waals surface area contributed by atoms with E-state index >= 15 is 0 Å². The quantitative estimate of drug-likeness (QED) is 0.744. The van der Waals surface area contributed by atoms with E-state index in [1.165, 1.54) is 19.4 Å². The van der Waals surface area contributed by atoms with Crippen LogP contribution in [0.4, 0.5) is 0 Å². The molecule has 2 heterocycles. The van der Waals surface area contributed by atoms with Gasteiger partial charge in [-0.15, -0.1) is 0 Å². The van der Waals surface area contributed by atoms with Gasteiger partial charge >= 0.3 is 0 Å². The molecule has 0 saturated carbocycles. The lowest BCUT2D eigenvalue weighted by atomic mass is 10.2. The van der Waals surface area contributed by atoms with E-state index in [0.29, 0.717) is 12.5 Å². The molecule has 0 spiro atoms. The predicted molar refractivity (Wildman–Crippen MR) is 73.5 cm³/mol. The Bertz CT molecular complexity index is 266. The largest absolute Gasteiger partial charge is 0.342 e. The number of piperazine rings is 1. The zero-order valence-electron chi connectivity index (χ0n) is 11.9. The summed E-state index contributed by atoms with van der Waals surface area (Å²) in [5.74, 6) is 1.08. The maximum atomic E-state index is 12.0. The highest BCUT2D eigenvalue weighted by Crippen LogP contribution is 2.10. The first-order valence-electron chi connectivity index (χ1n) is 7.37.